The van der Waals surface area contributed by atoms with Gasteiger partial charge < -0.3 is 9.47 Å². The zero-order valence-electron chi connectivity index (χ0n) is 13.2. The minimum atomic E-state index is -1.49. The summed E-state index contributed by atoms with van der Waals surface area (Å²) in [7, 11) is 0. The lowest BCUT2D eigenvalue weighted by atomic mass is 9.67. The van der Waals surface area contributed by atoms with Gasteiger partial charge in [0.25, 0.3) is 5.79 Å². The maximum absolute atomic E-state index is 12.6. The molecule has 24 heavy (non-hydrogen) atoms. The highest BCUT2D eigenvalue weighted by molar-refractivity contribution is 5.99. The Balaban J connectivity index is 2.00. The van der Waals surface area contributed by atoms with E-state index in [0.717, 1.165) is 5.56 Å². The molecule has 0 aromatic heterocycles. The molecule has 3 atom stereocenters. The largest absolute Gasteiger partial charge is 0.453 e. The van der Waals surface area contributed by atoms with Crippen LogP contribution >= 0.6 is 0 Å². The number of nitrogens with one attached hydrogen (secondary N) is 1. The highest BCUT2D eigenvalue weighted by Crippen LogP contribution is 2.54. The predicted molar refractivity (Wildman–Crippen MR) is 82.5 cm³/mol. The summed E-state index contributed by atoms with van der Waals surface area (Å²) >= 11 is 0. The van der Waals surface area contributed by atoms with E-state index in [9.17, 15) is 14.9 Å². The van der Waals surface area contributed by atoms with E-state index in [0.29, 0.717) is 30.6 Å². The third-order valence-corrected chi connectivity index (χ3v) is 5.06. The molecular weight excluding hydrogens is 308 g/mol. The minimum absolute atomic E-state index is 0.0390. The van der Waals surface area contributed by atoms with Crippen molar-refractivity contribution >= 4 is 11.9 Å². The molecule has 1 aromatic carbocycles. The van der Waals surface area contributed by atoms with Crippen LogP contribution in [0.15, 0.2) is 41.7 Å². The third kappa shape index (κ3) is 1.75. The topological polar surface area (TPSA) is 88.4 Å². The summed E-state index contributed by atoms with van der Waals surface area (Å²) < 4.78 is 11.3. The van der Waals surface area contributed by atoms with Gasteiger partial charge in [-0.25, -0.2) is 4.79 Å². The number of nitriles is 1. The molecular formula is C18H16N2O4. The SMILES string of the molecule is CC12OC(=O)NC1(C#N)C(c1ccccc1)C1=C(CCCC1=O)O2. The molecule has 4 rings (SSSR count). The van der Waals surface area contributed by atoms with Crippen LogP contribution in [0.2, 0.25) is 0 Å². The van der Waals surface area contributed by atoms with Crippen LogP contribution < -0.4 is 5.32 Å². The number of benzene rings is 1. The molecule has 3 aliphatic rings. The van der Waals surface area contributed by atoms with Crippen molar-refractivity contribution < 1.29 is 19.1 Å². The Morgan fingerprint density at radius 2 is 1.96 bits per heavy atom. The molecule has 1 aromatic rings. The van der Waals surface area contributed by atoms with Gasteiger partial charge in [-0.1, -0.05) is 30.3 Å². The van der Waals surface area contributed by atoms with E-state index in [1.54, 1.807) is 6.92 Å². The summed E-state index contributed by atoms with van der Waals surface area (Å²) in [4.78, 5) is 24.6. The Morgan fingerprint density at radius 1 is 1.21 bits per heavy atom. The average molecular weight is 324 g/mol. The summed E-state index contributed by atoms with van der Waals surface area (Å²) in [5.41, 5.74) is -0.225. The lowest BCUT2D eigenvalue weighted by Crippen LogP contribution is -2.63. The number of rotatable bonds is 1. The van der Waals surface area contributed by atoms with E-state index in [-0.39, 0.29) is 5.78 Å². The van der Waals surface area contributed by atoms with Crippen molar-refractivity contribution in [3.8, 4) is 6.07 Å². The van der Waals surface area contributed by atoms with Gasteiger partial charge in [-0.15, -0.1) is 0 Å². The van der Waals surface area contributed by atoms with Crippen LogP contribution in [0, 0.1) is 11.3 Å². The van der Waals surface area contributed by atoms with Gasteiger partial charge in [-0.3, -0.25) is 10.1 Å². The predicted octanol–water partition coefficient (Wildman–Crippen LogP) is 2.53. The summed E-state index contributed by atoms with van der Waals surface area (Å²) in [6, 6.07) is 11.4. The molecule has 0 bridgehead atoms. The molecule has 0 radical (unpaired) electrons. The average Bonchev–Trinajstić information content (AvgIpc) is 2.83. The fourth-order valence-corrected chi connectivity index (χ4v) is 3.96. The zero-order chi connectivity index (χ0) is 16.9. The van der Waals surface area contributed by atoms with Crippen LogP contribution in [0.3, 0.4) is 0 Å². The number of fused-ring (bicyclic) bond motifs is 1. The monoisotopic (exact) mass is 324 g/mol. The number of hydrogen-bond acceptors (Lipinski definition) is 5. The minimum Gasteiger partial charge on any atom is -0.453 e. The first-order valence-corrected chi connectivity index (χ1v) is 7.93. The lowest BCUT2D eigenvalue weighted by Gasteiger charge is -2.46. The van der Waals surface area contributed by atoms with Crippen LogP contribution in [0.4, 0.5) is 4.79 Å². The van der Waals surface area contributed by atoms with Crippen LogP contribution in [0.25, 0.3) is 0 Å². The van der Waals surface area contributed by atoms with Gasteiger partial charge in [0.15, 0.2) is 5.78 Å². The molecule has 1 amide bonds. The number of carbonyl (C=O) groups is 2. The summed E-state index contributed by atoms with van der Waals surface area (Å²) in [6.45, 7) is 1.58. The van der Waals surface area contributed by atoms with E-state index < -0.39 is 23.3 Å². The molecule has 0 saturated carbocycles. The molecule has 6 heteroatoms. The normalized spacial score (nSPS) is 34.4. The van der Waals surface area contributed by atoms with Crippen LogP contribution in [-0.4, -0.2) is 23.2 Å². The number of amides is 1. The Morgan fingerprint density at radius 3 is 2.67 bits per heavy atom. The molecule has 2 aliphatic heterocycles. The van der Waals surface area contributed by atoms with Crippen molar-refractivity contribution in [2.24, 2.45) is 0 Å². The van der Waals surface area contributed by atoms with Crippen LogP contribution in [0.5, 0.6) is 0 Å². The first kappa shape index (κ1) is 14.8. The molecule has 0 spiro atoms. The Bertz CT molecular complexity index is 810. The number of ether oxygens (including phenoxy) is 2. The van der Waals surface area contributed by atoms with Gasteiger partial charge >= 0.3 is 6.09 Å². The lowest BCUT2D eigenvalue weighted by molar-refractivity contribution is -0.186. The second kappa shape index (κ2) is 4.84. The molecule has 6 nitrogen and oxygen atoms in total. The second-order valence-corrected chi connectivity index (χ2v) is 6.44. The summed E-state index contributed by atoms with van der Waals surface area (Å²) in [5.74, 6) is -1.61. The van der Waals surface area contributed by atoms with Gasteiger partial charge in [0.2, 0.25) is 5.54 Å². The molecule has 122 valence electrons. The van der Waals surface area contributed by atoms with Gasteiger partial charge in [0.1, 0.15) is 11.8 Å². The van der Waals surface area contributed by atoms with Crippen molar-refractivity contribution in [1.82, 2.24) is 5.32 Å². The van der Waals surface area contributed by atoms with Gasteiger partial charge in [0.05, 0.1) is 5.92 Å². The Hall–Kier alpha value is -2.81. The van der Waals surface area contributed by atoms with E-state index in [2.05, 4.69) is 11.4 Å². The number of allylic oxidation sites excluding steroid dienone is 1. The first-order chi connectivity index (χ1) is 11.5. The second-order valence-electron chi connectivity index (χ2n) is 6.44. The quantitative estimate of drug-likeness (QED) is 0.857. The Labute approximate surface area is 139 Å². The molecule has 1 aliphatic carbocycles. The smallest absolute Gasteiger partial charge is 0.412 e. The maximum atomic E-state index is 12.6. The summed E-state index contributed by atoms with van der Waals surface area (Å²) in [6.07, 6.45) is 0.987. The van der Waals surface area contributed by atoms with E-state index in [1.165, 1.54) is 0 Å². The van der Waals surface area contributed by atoms with Crippen molar-refractivity contribution in [2.45, 2.75) is 43.4 Å². The van der Waals surface area contributed by atoms with E-state index in [4.69, 9.17) is 9.47 Å². The summed E-state index contributed by atoms with van der Waals surface area (Å²) in [5, 5.41) is 12.6. The Kier molecular flexibility index (Phi) is 2.98. The van der Waals surface area contributed by atoms with Gasteiger partial charge in [0, 0.05) is 25.3 Å². The first-order valence-electron chi connectivity index (χ1n) is 7.93. The van der Waals surface area contributed by atoms with Crippen molar-refractivity contribution in [2.75, 3.05) is 0 Å². The zero-order valence-corrected chi connectivity index (χ0v) is 13.2. The highest BCUT2D eigenvalue weighted by atomic mass is 16.7. The molecule has 1 fully saturated rings. The van der Waals surface area contributed by atoms with Crippen molar-refractivity contribution in [1.29, 1.82) is 5.26 Å². The molecule has 1 saturated heterocycles. The van der Waals surface area contributed by atoms with Crippen LogP contribution in [0.1, 0.15) is 37.7 Å². The highest BCUT2D eigenvalue weighted by Gasteiger charge is 2.69. The molecule has 3 unspecified atom stereocenters. The van der Waals surface area contributed by atoms with Crippen LogP contribution in [-0.2, 0) is 14.3 Å². The number of nitrogens with zero attached hydrogens (tertiary/aromatic N) is 1. The van der Waals surface area contributed by atoms with Gasteiger partial charge in [-0.05, 0) is 12.0 Å². The van der Waals surface area contributed by atoms with Crippen molar-refractivity contribution in [3.63, 3.8) is 0 Å². The third-order valence-electron chi connectivity index (χ3n) is 5.06. The van der Waals surface area contributed by atoms with Crippen molar-refractivity contribution in [3.05, 3.63) is 47.2 Å². The maximum Gasteiger partial charge on any atom is 0.412 e. The number of carbonyl (C=O) groups excluding carboxylic acids is 2. The standard InChI is InChI=1S/C18H16N2O4/c1-17-18(10-19,20-16(22)24-17)15(11-6-3-2-4-7-11)14-12(21)8-5-9-13(14)23-17/h2-4,6-7,15H,5,8-9H2,1H3,(H,20,22). The van der Waals surface area contributed by atoms with E-state index >= 15 is 0 Å². The molecule has 1 N–H and O–H groups in total. The fourth-order valence-electron chi connectivity index (χ4n) is 3.96. The number of ketones is 1. The fraction of sp³-hybridized carbons (Fsp3) is 0.389. The van der Waals surface area contributed by atoms with Gasteiger partial charge in [-0.2, -0.15) is 5.26 Å². The number of hydrogen-bond donors (Lipinski definition) is 1. The number of Topliss-reactive ketones (excluding diaryl/α,β-unsaturated/α-hetero) is 1. The number of alkyl carbamates (subject to hydrolysis) is 1. The van der Waals surface area contributed by atoms with E-state index in [1.807, 2.05) is 30.3 Å². The molecule has 2 heterocycles.